The van der Waals surface area contributed by atoms with E-state index in [0.717, 1.165) is 60.2 Å². The Labute approximate surface area is 160 Å². The van der Waals surface area contributed by atoms with Gasteiger partial charge < -0.3 is 5.32 Å². The predicted molar refractivity (Wildman–Crippen MR) is 108 cm³/mol. The maximum atomic E-state index is 12.7. The van der Waals surface area contributed by atoms with E-state index in [2.05, 4.69) is 37.6 Å². The van der Waals surface area contributed by atoms with Crippen LogP contribution in [0.25, 0.3) is 0 Å². The lowest BCUT2D eigenvalue weighted by atomic mass is 10.1. The number of carbonyl (C=O) groups excluding carboxylic acids is 1. The Kier molecular flexibility index (Phi) is 6.06. The third-order valence-corrected chi connectivity index (χ3v) is 5.86. The number of amides is 1. The van der Waals surface area contributed by atoms with Crippen molar-refractivity contribution >= 4 is 22.9 Å². The standard InChI is InChI=1S/C20H28N4OS/c1-14-5-6-15(2)19(11-14)22-20(25)16(3)24-9-7-23(8-10-24)12-18-13-26-17(4)21-18/h5-6,11,13,16H,7-10,12H2,1-4H3,(H,22,25)/t16-/m1/s1. The lowest BCUT2D eigenvalue weighted by Gasteiger charge is -2.37. The topological polar surface area (TPSA) is 48.5 Å². The van der Waals surface area contributed by atoms with Crippen LogP contribution in [0, 0.1) is 20.8 Å². The summed E-state index contributed by atoms with van der Waals surface area (Å²) in [5.41, 5.74) is 4.32. The van der Waals surface area contributed by atoms with Crippen molar-refractivity contribution in [1.29, 1.82) is 0 Å². The maximum Gasteiger partial charge on any atom is 0.241 e. The largest absolute Gasteiger partial charge is 0.324 e. The van der Waals surface area contributed by atoms with E-state index in [9.17, 15) is 4.79 Å². The molecule has 26 heavy (non-hydrogen) atoms. The molecule has 1 aliphatic heterocycles. The fourth-order valence-corrected chi connectivity index (χ4v) is 3.90. The number of aryl methyl sites for hydroxylation is 3. The number of hydrogen-bond donors (Lipinski definition) is 1. The fourth-order valence-electron chi connectivity index (χ4n) is 3.29. The van der Waals surface area contributed by atoms with Crippen molar-refractivity contribution in [2.24, 2.45) is 0 Å². The van der Waals surface area contributed by atoms with Gasteiger partial charge in [-0.2, -0.15) is 0 Å². The molecule has 0 aliphatic carbocycles. The van der Waals surface area contributed by atoms with Crippen LogP contribution in [-0.4, -0.2) is 52.9 Å². The Balaban J connectivity index is 1.51. The summed E-state index contributed by atoms with van der Waals surface area (Å²) < 4.78 is 0. The molecule has 2 aromatic rings. The Bertz CT molecular complexity index is 765. The minimum atomic E-state index is -0.126. The summed E-state index contributed by atoms with van der Waals surface area (Å²) in [6, 6.07) is 6.03. The number of carbonyl (C=O) groups is 1. The molecule has 2 heterocycles. The van der Waals surface area contributed by atoms with Crippen LogP contribution < -0.4 is 5.32 Å². The highest BCUT2D eigenvalue weighted by atomic mass is 32.1. The van der Waals surface area contributed by atoms with Gasteiger partial charge in [-0.15, -0.1) is 11.3 Å². The van der Waals surface area contributed by atoms with Gasteiger partial charge in [0.2, 0.25) is 5.91 Å². The summed E-state index contributed by atoms with van der Waals surface area (Å²) in [7, 11) is 0. The van der Waals surface area contributed by atoms with Gasteiger partial charge in [-0.05, 0) is 44.9 Å². The van der Waals surface area contributed by atoms with Crippen molar-refractivity contribution in [3.05, 3.63) is 45.4 Å². The van der Waals surface area contributed by atoms with Crippen molar-refractivity contribution in [1.82, 2.24) is 14.8 Å². The van der Waals surface area contributed by atoms with Gasteiger partial charge in [0, 0.05) is 43.8 Å². The second kappa shape index (κ2) is 8.29. The van der Waals surface area contributed by atoms with E-state index in [1.165, 1.54) is 0 Å². The van der Waals surface area contributed by atoms with Crippen LogP contribution in [0.1, 0.15) is 28.8 Å². The van der Waals surface area contributed by atoms with Crippen LogP contribution in [0.2, 0.25) is 0 Å². The number of anilines is 1. The molecule has 5 nitrogen and oxygen atoms in total. The summed E-state index contributed by atoms with van der Waals surface area (Å²) in [6.45, 7) is 12.8. The monoisotopic (exact) mass is 372 g/mol. The lowest BCUT2D eigenvalue weighted by molar-refractivity contribution is -0.121. The van der Waals surface area contributed by atoms with Gasteiger partial charge in [-0.25, -0.2) is 4.98 Å². The second-order valence-corrected chi connectivity index (χ2v) is 8.22. The summed E-state index contributed by atoms with van der Waals surface area (Å²) in [4.78, 5) is 21.9. The average molecular weight is 373 g/mol. The first-order valence-corrected chi connectivity index (χ1v) is 10.1. The van der Waals surface area contributed by atoms with Crippen molar-refractivity contribution in [3.8, 4) is 0 Å². The minimum Gasteiger partial charge on any atom is -0.324 e. The first kappa shape index (κ1) is 19.0. The van der Waals surface area contributed by atoms with E-state index in [-0.39, 0.29) is 11.9 Å². The molecule has 0 bridgehead atoms. The van der Waals surface area contributed by atoms with E-state index < -0.39 is 0 Å². The third kappa shape index (κ3) is 4.69. The number of thiazole rings is 1. The molecular formula is C20H28N4OS. The molecule has 1 aliphatic rings. The average Bonchev–Trinajstić information content (AvgIpc) is 3.03. The molecule has 0 spiro atoms. The number of aromatic nitrogens is 1. The summed E-state index contributed by atoms with van der Waals surface area (Å²) >= 11 is 1.70. The smallest absolute Gasteiger partial charge is 0.241 e. The molecule has 0 saturated carbocycles. The zero-order valence-electron chi connectivity index (χ0n) is 16.1. The quantitative estimate of drug-likeness (QED) is 0.876. The molecule has 1 N–H and O–H groups in total. The Morgan fingerprint density at radius 2 is 1.96 bits per heavy atom. The van der Waals surface area contributed by atoms with Gasteiger partial charge in [0.25, 0.3) is 0 Å². The molecule has 0 radical (unpaired) electrons. The number of piperazine rings is 1. The van der Waals surface area contributed by atoms with E-state index in [4.69, 9.17) is 0 Å². The van der Waals surface area contributed by atoms with E-state index in [1.807, 2.05) is 33.8 Å². The second-order valence-electron chi connectivity index (χ2n) is 7.15. The molecular weight excluding hydrogens is 344 g/mol. The molecule has 1 fully saturated rings. The Morgan fingerprint density at radius 1 is 1.23 bits per heavy atom. The lowest BCUT2D eigenvalue weighted by Crippen LogP contribution is -2.52. The maximum absolute atomic E-state index is 12.7. The van der Waals surface area contributed by atoms with Gasteiger partial charge in [-0.3, -0.25) is 14.6 Å². The number of benzene rings is 1. The van der Waals surface area contributed by atoms with Crippen molar-refractivity contribution in [2.45, 2.75) is 40.3 Å². The van der Waals surface area contributed by atoms with Crippen LogP contribution in [0.4, 0.5) is 5.69 Å². The van der Waals surface area contributed by atoms with Crippen molar-refractivity contribution < 1.29 is 4.79 Å². The summed E-state index contributed by atoms with van der Waals surface area (Å²) in [6.07, 6.45) is 0. The van der Waals surface area contributed by atoms with Gasteiger partial charge in [-0.1, -0.05) is 12.1 Å². The highest BCUT2D eigenvalue weighted by Gasteiger charge is 2.26. The van der Waals surface area contributed by atoms with Crippen molar-refractivity contribution in [3.63, 3.8) is 0 Å². The highest BCUT2D eigenvalue weighted by Crippen LogP contribution is 2.18. The SMILES string of the molecule is Cc1ccc(C)c(NC(=O)[C@@H](C)N2CCN(Cc3csc(C)n3)CC2)c1. The number of nitrogens with zero attached hydrogens (tertiary/aromatic N) is 3. The molecule has 1 saturated heterocycles. The number of hydrogen-bond acceptors (Lipinski definition) is 5. The molecule has 1 aromatic heterocycles. The molecule has 1 aromatic carbocycles. The van der Waals surface area contributed by atoms with E-state index >= 15 is 0 Å². The van der Waals surface area contributed by atoms with Crippen LogP contribution in [0.15, 0.2) is 23.6 Å². The minimum absolute atomic E-state index is 0.0716. The zero-order chi connectivity index (χ0) is 18.7. The van der Waals surface area contributed by atoms with Crippen LogP contribution in [-0.2, 0) is 11.3 Å². The van der Waals surface area contributed by atoms with Gasteiger partial charge in [0.15, 0.2) is 0 Å². The zero-order valence-corrected chi connectivity index (χ0v) is 16.9. The Hall–Kier alpha value is -1.76. The van der Waals surface area contributed by atoms with Crippen LogP contribution >= 0.6 is 11.3 Å². The van der Waals surface area contributed by atoms with E-state index in [1.54, 1.807) is 11.3 Å². The molecule has 1 atom stereocenters. The molecule has 140 valence electrons. The van der Waals surface area contributed by atoms with Gasteiger partial charge >= 0.3 is 0 Å². The normalized spacial score (nSPS) is 17.2. The molecule has 0 unspecified atom stereocenters. The molecule has 6 heteroatoms. The number of rotatable bonds is 5. The highest BCUT2D eigenvalue weighted by molar-refractivity contribution is 7.09. The van der Waals surface area contributed by atoms with E-state index in [0.29, 0.717) is 0 Å². The predicted octanol–water partition coefficient (Wildman–Crippen LogP) is 3.21. The number of nitrogens with one attached hydrogen (secondary N) is 1. The van der Waals surface area contributed by atoms with Gasteiger partial charge in [0.05, 0.1) is 16.7 Å². The first-order valence-electron chi connectivity index (χ1n) is 9.18. The third-order valence-electron chi connectivity index (χ3n) is 5.04. The van der Waals surface area contributed by atoms with Crippen LogP contribution in [0.3, 0.4) is 0 Å². The molecule has 3 rings (SSSR count). The van der Waals surface area contributed by atoms with Crippen LogP contribution in [0.5, 0.6) is 0 Å². The van der Waals surface area contributed by atoms with Crippen molar-refractivity contribution in [2.75, 3.05) is 31.5 Å². The first-order chi connectivity index (χ1) is 12.4. The Morgan fingerprint density at radius 3 is 2.62 bits per heavy atom. The summed E-state index contributed by atoms with van der Waals surface area (Å²) in [5, 5.41) is 6.36. The molecule has 1 amide bonds. The van der Waals surface area contributed by atoms with Gasteiger partial charge in [0.1, 0.15) is 0 Å². The fraction of sp³-hybridized carbons (Fsp3) is 0.500. The summed E-state index contributed by atoms with van der Waals surface area (Å²) in [5.74, 6) is 0.0716.